The van der Waals surface area contributed by atoms with E-state index in [-0.39, 0.29) is 11.9 Å². The molecule has 2 saturated heterocycles. The number of anilines is 1. The van der Waals surface area contributed by atoms with Gasteiger partial charge in [0.2, 0.25) is 0 Å². The van der Waals surface area contributed by atoms with Gasteiger partial charge in [0.15, 0.2) is 0 Å². The topological polar surface area (TPSA) is 40.9 Å². The molecule has 1 N–H and O–H groups in total. The summed E-state index contributed by atoms with van der Waals surface area (Å²) in [5, 5.41) is 3.50. The maximum atomic E-state index is 14.6. The third-order valence-electron chi connectivity index (χ3n) is 5.76. The molecule has 2 aliphatic heterocycles. The maximum absolute atomic E-state index is 14.6. The molecule has 152 valence electrons. The minimum atomic E-state index is -0.131. The molecule has 0 spiro atoms. The Hall–Kier alpha value is -1.89. The van der Waals surface area contributed by atoms with Crippen molar-refractivity contribution in [3.63, 3.8) is 0 Å². The van der Waals surface area contributed by atoms with Gasteiger partial charge in [-0.2, -0.15) is 0 Å². The van der Waals surface area contributed by atoms with Gasteiger partial charge in [-0.25, -0.2) is 4.39 Å². The first-order valence-corrected chi connectivity index (χ1v) is 10.3. The number of morpholine rings is 1. The van der Waals surface area contributed by atoms with Gasteiger partial charge < -0.3 is 19.4 Å². The summed E-state index contributed by atoms with van der Waals surface area (Å²) in [7, 11) is 0. The smallest absolute Gasteiger partial charge is 0.129 e. The monoisotopic (exact) mass is 387 g/mol. The summed E-state index contributed by atoms with van der Waals surface area (Å²) in [5.41, 5.74) is 1.79. The molecule has 6 heteroatoms. The fourth-order valence-electron chi connectivity index (χ4n) is 4.24. The summed E-state index contributed by atoms with van der Waals surface area (Å²) in [6.45, 7) is 8.45. The summed E-state index contributed by atoms with van der Waals surface area (Å²) in [4.78, 5) is 4.69. The third-order valence-corrected chi connectivity index (χ3v) is 5.76. The fourth-order valence-corrected chi connectivity index (χ4v) is 4.24. The number of hydrogen-bond donors (Lipinski definition) is 1. The van der Waals surface area contributed by atoms with Crippen LogP contribution in [0.2, 0.25) is 0 Å². The van der Waals surface area contributed by atoms with E-state index in [1.165, 1.54) is 12.8 Å². The Kier molecular flexibility index (Phi) is 6.29. The van der Waals surface area contributed by atoms with E-state index in [1.54, 1.807) is 6.07 Å². The molecule has 0 saturated carbocycles. The number of rotatable bonds is 7. The van der Waals surface area contributed by atoms with Crippen molar-refractivity contribution in [2.45, 2.75) is 32.4 Å². The number of ether oxygens (including phenoxy) is 1. The molecule has 2 fully saturated rings. The van der Waals surface area contributed by atoms with Crippen molar-refractivity contribution in [3.8, 4) is 0 Å². The van der Waals surface area contributed by atoms with E-state index in [0.717, 1.165) is 62.2 Å². The zero-order valence-electron chi connectivity index (χ0n) is 16.6. The standard InChI is InChI=1S/C22H30FN3O2/c1-17-7-8-22(28-17)21(26-11-13-27-14-12-26)16-24-15-18-19(23)5-4-6-20(18)25-9-2-3-10-25/h4-8,21,24H,2-3,9-16H2,1H3. The number of furan rings is 1. The summed E-state index contributed by atoms with van der Waals surface area (Å²) in [6, 6.07) is 9.60. The molecular weight excluding hydrogens is 357 g/mol. The van der Waals surface area contributed by atoms with Crippen LogP contribution in [0.3, 0.4) is 0 Å². The van der Waals surface area contributed by atoms with Crippen LogP contribution < -0.4 is 10.2 Å². The number of halogens is 1. The molecule has 1 aromatic carbocycles. The quantitative estimate of drug-likeness (QED) is 0.788. The lowest BCUT2D eigenvalue weighted by Gasteiger charge is -2.33. The number of benzene rings is 1. The lowest BCUT2D eigenvalue weighted by Crippen LogP contribution is -2.42. The van der Waals surface area contributed by atoms with Gasteiger partial charge in [-0.1, -0.05) is 6.07 Å². The van der Waals surface area contributed by atoms with Crippen LogP contribution in [0.5, 0.6) is 0 Å². The molecule has 4 rings (SSSR count). The molecule has 0 amide bonds. The molecule has 0 aliphatic carbocycles. The van der Waals surface area contributed by atoms with Crippen molar-refractivity contribution in [1.82, 2.24) is 10.2 Å². The van der Waals surface area contributed by atoms with E-state index in [1.807, 2.05) is 25.1 Å². The van der Waals surface area contributed by atoms with E-state index < -0.39 is 0 Å². The number of aryl methyl sites for hydroxylation is 1. The Morgan fingerprint density at radius 2 is 1.86 bits per heavy atom. The Morgan fingerprint density at radius 1 is 1.07 bits per heavy atom. The fraction of sp³-hybridized carbons (Fsp3) is 0.545. The molecule has 1 aromatic heterocycles. The molecule has 3 heterocycles. The van der Waals surface area contributed by atoms with E-state index in [0.29, 0.717) is 13.1 Å². The first-order valence-electron chi connectivity index (χ1n) is 10.3. The molecule has 0 radical (unpaired) electrons. The van der Waals surface area contributed by atoms with Crippen LogP contribution in [0.4, 0.5) is 10.1 Å². The van der Waals surface area contributed by atoms with Crippen molar-refractivity contribution in [1.29, 1.82) is 0 Å². The zero-order valence-corrected chi connectivity index (χ0v) is 16.6. The number of nitrogens with one attached hydrogen (secondary N) is 1. The zero-order chi connectivity index (χ0) is 19.3. The van der Waals surface area contributed by atoms with E-state index >= 15 is 0 Å². The van der Waals surface area contributed by atoms with Crippen LogP contribution in [-0.2, 0) is 11.3 Å². The van der Waals surface area contributed by atoms with Crippen LogP contribution in [0.1, 0.15) is 36.0 Å². The van der Waals surface area contributed by atoms with Crippen LogP contribution in [0.25, 0.3) is 0 Å². The van der Waals surface area contributed by atoms with Crippen LogP contribution in [-0.4, -0.2) is 50.8 Å². The number of hydrogen-bond acceptors (Lipinski definition) is 5. The summed E-state index contributed by atoms with van der Waals surface area (Å²) in [5.74, 6) is 1.74. The molecule has 1 unspecified atom stereocenters. The minimum absolute atomic E-state index is 0.125. The minimum Gasteiger partial charge on any atom is -0.465 e. The summed E-state index contributed by atoms with van der Waals surface area (Å²) in [6.07, 6.45) is 2.36. The highest BCUT2D eigenvalue weighted by Crippen LogP contribution is 2.27. The van der Waals surface area contributed by atoms with Crippen LogP contribution in [0, 0.1) is 12.7 Å². The molecule has 5 nitrogen and oxygen atoms in total. The van der Waals surface area contributed by atoms with Crippen molar-refractivity contribution < 1.29 is 13.5 Å². The normalized spacial score (nSPS) is 19.3. The SMILES string of the molecule is Cc1ccc(C(CNCc2c(F)cccc2N2CCCC2)N2CCOCC2)o1. The molecule has 2 aromatic rings. The number of nitrogens with zero attached hydrogens (tertiary/aromatic N) is 2. The second-order valence-electron chi connectivity index (χ2n) is 7.68. The first kappa shape index (κ1) is 19.4. The Morgan fingerprint density at radius 3 is 2.57 bits per heavy atom. The molecule has 2 aliphatic rings. The second-order valence-corrected chi connectivity index (χ2v) is 7.68. The van der Waals surface area contributed by atoms with E-state index in [2.05, 4.69) is 21.2 Å². The highest BCUT2D eigenvalue weighted by Gasteiger charge is 2.25. The van der Waals surface area contributed by atoms with Crippen molar-refractivity contribution >= 4 is 5.69 Å². The predicted molar refractivity (Wildman–Crippen MR) is 108 cm³/mol. The highest BCUT2D eigenvalue weighted by atomic mass is 19.1. The Labute approximate surface area is 166 Å². The van der Waals surface area contributed by atoms with Gasteiger partial charge in [0.1, 0.15) is 17.3 Å². The molecular formula is C22H30FN3O2. The Balaban J connectivity index is 1.46. The molecule has 28 heavy (non-hydrogen) atoms. The predicted octanol–water partition coefficient (Wildman–Crippen LogP) is 3.49. The van der Waals surface area contributed by atoms with Gasteiger partial charge in [-0.15, -0.1) is 0 Å². The van der Waals surface area contributed by atoms with Gasteiger partial charge in [0, 0.05) is 50.5 Å². The van der Waals surface area contributed by atoms with Gasteiger partial charge in [-0.05, 0) is 44.0 Å². The lowest BCUT2D eigenvalue weighted by molar-refractivity contribution is 0.0115. The van der Waals surface area contributed by atoms with Crippen molar-refractivity contribution in [2.24, 2.45) is 0 Å². The molecule has 1 atom stereocenters. The van der Waals surface area contributed by atoms with Crippen molar-refractivity contribution in [2.75, 3.05) is 50.8 Å². The van der Waals surface area contributed by atoms with Gasteiger partial charge in [0.25, 0.3) is 0 Å². The van der Waals surface area contributed by atoms with Gasteiger partial charge in [0.05, 0.1) is 19.3 Å². The lowest BCUT2D eigenvalue weighted by atomic mass is 10.1. The average Bonchev–Trinajstić information content (AvgIpc) is 3.39. The summed E-state index contributed by atoms with van der Waals surface area (Å²) < 4.78 is 26.0. The van der Waals surface area contributed by atoms with Gasteiger partial charge in [-0.3, -0.25) is 4.90 Å². The Bertz CT molecular complexity index is 767. The largest absolute Gasteiger partial charge is 0.465 e. The highest BCUT2D eigenvalue weighted by molar-refractivity contribution is 5.54. The average molecular weight is 387 g/mol. The van der Waals surface area contributed by atoms with E-state index in [9.17, 15) is 4.39 Å². The third kappa shape index (κ3) is 4.40. The maximum Gasteiger partial charge on any atom is 0.129 e. The first-order chi connectivity index (χ1) is 13.7. The van der Waals surface area contributed by atoms with Crippen molar-refractivity contribution in [3.05, 3.63) is 53.2 Å². The van der Waals surface area contributed by atoms with Crippen LogP contribution >= 0.6 is 0 Å². The second kappa shape index (κ2) is 9.07. The molecule has 0 bridgehead atoms. The van der Waals surface area contributed by atoms with E-state index in [4.69, 9.17) is 9.15 Å². The van der Waals surface area contributed by atoms with Crippen LogP contribution in [0.15, 0.2) is 34.7 Å². The van der Waals surface area contributed by atoms with Gasteiger partial charge >= 0.3 is 0 Å². The summed E-state index contributed by atoms with van der Waals surface area (Å²) >= 11 is 0.